The number of benzene rings is 4. The Balaban J connectivity index is 1.34. The third-order valence-corrected chi connectivity index (χ3v) is 15.1. The fourth-order valence-corrected chi connectivity index (χ4v) is 11.6. The fourth-order valence-electron chi connectivity index (χ4n) is 10.9. The zero-order valence-electron chi connectivity index (χ0n) is 37.4. The van der Waals surface area contributed by atoms with Gasteiger partial charge < -0.3 is 0 Å². The van der Waals surface area contributed by atoms with E-state index in [9.17, 15) is 10.5 Å². The van der Waals surface area contributed by atoms with Gasteiger partial charge in [-0.1, -0.05) is 186 Å². The Hall–Kier alpha value is -4.72. The predicted octanol–water partition coefficient (Wildman–Crippen LogP) is 18.5. The first-order chi connectivity index (χ1) is 30.8. The summed E-state index contributed by atoms with van der Waals surface area (Å²) in [6, 6.07) is 26.4. The standard InChI is InChI=1S/C57H60Br2N4/c1-5-7-9-11-13-15-17-19-21-23-29-57(30-24-22-20-18-16-14-12-10-8-6-2)51-35-43-41-27-25-39(58)31-47(41)55(53(37-60)62-3)49(43)33-45(51)46-34-50-44(36-52(46)57)42-28-26-40(59)32-48(42)56(50)54(38-61)63-4/h25-28,31-36H,5-24,29-30H2,1-2H3/b55-53-,56-54+. The van der Waals surface area contributed by atoms with E-state index >= 15 is 0 Å². The van der Waals surface area contributed by atoms with E-state index in [-0.39, 0.29) is 16.8 Å². The van der Waals surface area contributed by atoms with Crippen molar-refractivity contribution in [2.45, 2.75) is 161 Å². The Morgan fingerprint density at radius 3 is 1.11 bits per heavy atom. The molecule has 0 bridgehead atoms. The number of nitrogens with zero attached hydrogens (tertiary/aromatic N) is 4. The Kier molecular flexibility index (Phi) is 16.0. The summed E-state index contributed by atoms with van der Waals surface area (Å²) in [5, 5.41) is 20.7. The van der Waals surface area contributed by atoms with Gasteiger partial charge in [0.15, 0.2) is 0 Å². The number of rotatable bonds is 22. The van der Waals surface area contributed by atoms with Gasteiger partial charge in [0, 0.05) is 25.5 Å². The maximum absolute atomic E-state index is 10.3. The van der Waals surface area contributed by atoms with E-state index in [1.807, 2.05) is 0 Å². The molecule has 0 unspecified atom stereocenters. The van der Waals surface area contributed by atoms with Gasteiger partial charge in [0.2, 0.25) is 0 Å². The summed E-state index contributed by atoms with van der Waals surface area (Å²) in [5.74, 6) is 0. The van der Waals surface area contributed by atoms with E-state index in [1.54, 1.807) is 0 Å². The average molecular weight is 961 g/mol. The quantitative estimate of drug-likeness (QED) is 0.0387. The highest BCUT2D eigenvalue weighted by Crippen LogP contribution is 2.61. The lowest BCUT2D eigenvalue weighted by Crippen LogP contribution is -2.26. The van der Waals surface area contributed by atoms with Gasteiger partial charge in [-0.25, -0.2) is 20.2 Å². The smallest absolute Gasteiger partial charge is 0.226 e. The lowest BCUT2D eigenvalue weighted by Gasteiger charge is -2.33. The van der Waals surface area contributed by atoms with Crippen LogP contribution in [0.5, 0.6) is 0 Å². The lowest BCUT2D eigenvalue weighted by molar-refractivity contribution is 0.397. The molecule has 7 rings (SSSR count). The van der Waals surface area contributed by atoms with E-state index in [1.165, 1.54) is 127 Å². The van der Waals surface area contributed by atoms with Crippen LogP contribution in [0.15, 0.2) is 81.0 Å². The van der Waals surface area contributed by atoms with Crippen molar-refractivity contribution in [1.29, 1.82) is 10.5 Å². The van der Waals surface area contributed by atoms with Gasteiger partial charge in [-0.15, -0.1) is 0 Å². The van der Waals surface area contributed by atoms with Crippen molar-refractivity contribution >= 4 is 43.0 Å². The maximum Gasteiger partial charge on any atom is 0.270 e. The summed E-state index contributed by atoms with van der Waals surface area (Å²) in [5.41, 5.74) is 14.3. The van der Waals surface area contributed by atoms with Crippen LogP contribution in [-0.2, 0) is 5.41 Å². The molecule has 63 heavy (non-hydrogen) atoms. The summed E-state index contributed by atoms with van der Waals surface area (Å²) < 4.78 is 1.83. The Bertz CT molecular complexity index is 2370. The lowest BCUT2D eigenvalue weighted by atomic mass is 9.69. The molecular weight excluding hydrogens is 900 g/mol. The van der Waals surface area contributed by atoms with Crippen molar-refractivity contribution in [3.63, 3.8) is 0 Å². The highest BCUT2D eigenvalue weighted by atomic mass is 79.9. The highest BCUT2D eigenvalue weighted by molar-refractivity contribution is 9.10. The monoisotopic (exact) mass is 958 g/mol. The number of nitriles is 2. The largest absolute Gasteiger partial charge is 0.270 e. The van der Waals surface area contributed by atoms with Gasteiger partial charge in [-0.2, -0.15) is 0 Å². The van der Waals surface area contributed by atoms with Gasteiger partial charge >= 0.3 is 0 Å². The molecule has 322 valence electrons. The summed E-state index contributed by atoms with van der Waals surface area (Å²) in [6.07, 6.45) is 27.8. The number of allylic oxidation sites excluding steroid dienone is 2. The van der Waals surface area contributed by atoms with E-state index in [4.69, 9.17) is 13.1 Å². The van der Waals surface area contributed by atoms with Crippen molar-refractivity contribution in [2.24, 2.45) is 0 Å². The summed E-state index contributed by atoms with van der Waals surface area (Å²) in [7, 11) is 0. The summed E-state index contributed by atoms with van der Waals surface area (Å²) >= 11 is 7.39. The molecule has 0 aromatic heterocycles. The molecule has 0 saturated heterocycles. The molecule has 3 aliphatic carbocycles. The van der Waals surface area contributed by atoms with Gasteiger partial charge in [0.1, 0.15) is 0 Å². The number of fused-ring (bicyclic) bond motifs is 9. The molecule has 0 spiro atoms. The van der Waals surface area contributed by atoms with Gasteiger partial charge in [-0.3, -0.25) is 0 Å². The van der Waals surface area contributed by atoms with Crippen molar-refractivity contribution in [3.05, 3.63) is 137 Å². The first kappa shape index (κ1) is 46.3. The van der Waals surface area contributed by atoms with Crippen molar-refractivity contribution in [2.75, 3.05) is 0 Å². The molecule has 0 N–H and O–H groups in total. The highest BCUT2D eigenvalue weighted by Gasteiger charge is 2.45. The van der Waals surface area contributed by atoms with Crippen LogP contribution in [-0.4, -0.2) is 0 Å². The van der Waals surface area contributed by atoms with Gasteiger partial charge in [0.25, 0.3) is 11.4 Å². The summed E-state index contributed by atoms with van der Waals surface area (Å²) in [4.78, 5) is 7.54. The third kappa shape index (κ3) is 9.56. The second-order valence-corrected chi connectivity index (χ2v) is 19.9. The van der Waals surface area contributed by atoms with Crippen LogP contribution >= 0.6 is 31.9 Å². The molecule has 0 radical (unpaired) electrons. The second kappa shape index (κ2) is 21.8. The molecule has 4 aromatic carbocycles. The number of halogens is 2. The first-order valence-corrected chi connectivity index (χ1v) is 25.5. The van der Waals surface area contributed by atoms with Crippen LogP contribution in [0.2, 0.25) is 0 Å². The molecule has 3 aliphatic rings. The van der Waals surface area contributed by atoms with Gasteiger partial charge in [0.05, 0.1) is 25.3 Å². The van der Waals surface area contributed by atoms with Crippen LogP contribution in [0, 0.1) is 35.8 Å². The van der Waals surface area contributed by atoms with Crippen LogP contribution in [0.4, 0.5) is 0 Å². The Morgan fingerprint density at radius 1 is 0.444 bits per heavy atom. The van der Waals surface area contributed by atoms with E-state index in [0.29, 0.717) is 11.1 Å². The number of unbranched alkanes of at least 4 members (excludes halogenated alkanes) is 18. The number of hydrogen-bond acceptors (Lipinski definition) is 2. The molecule has 0 atom stereocenters. The minimum atomic E-state index is -0.241. The maximum atomic E-state index is 10.3. The first-order valence-electron chi connectivity index (χ1n) is 23.9. The van der Waals surface area contributed by atoms with E-state index in [2.05, 4.69) is 128 Å². The minimum Gasteiger partial charge on any atom is -0.226 e. The second-order valence-electron chi connectivity index (χ2n) is 18.1. The van der Waals surface area contributed by atoms with E-state index in [0.717, 1.165) is 90.3 Å². The normalized spacial score (nSPS) is 14.9. The average Bonchev–Trinajstić information content (AvgIpc) is 3.86. The number of hydrogen-bond donors (Lipinski definition) is 0. The van der Waals surface area contributed by atoms with Crippen molar-refractivity contribution in [1.82, 2.24) is 0 Å². The molecule has 6 heteroatoms. The molecule has 0 fully saturated rings. The van der Waals surface area contributed by atoms with Gasteiger partial charge in [-0.05, 0) is 128 Å². The van der Waals surface area contributed by atoms with Crippen LogP contribution < -0.4 is 0 Å². The van der Waals surface area contributed by atoms with Crippen molar-refractivity contribution in [3.8, 4) is 45.5 Å². The molecule has 4 aromatic rings. The molecule has 0 saturated carbocycles. The zero-order valence-corrected chi connectivity index (χ0v) is 40.5. The van der Waals surface area contributed by atoms with Crippen molar-refractivity contribution < 1.29 is 0 Å². The SMILES string of the molecule is [C-]#[N+]/C(C#N)=C1\c2cc(Br)ccc2-c2cc3c(cc21)-c1cc2c(cc1C3(CCCCCCCCCCCC)CCCCCCCCCCCC)-c1ccc(Br)cc1/C2=C(\C#N)[N+]#[C-]. The molecule has 4 nitrogen and oxygen atoms in total. The molecule has 0 aliphatic heterocycles. The van der Waals surface area contributed by atoms with Crippen LogP contribution in [0.25, 0.3) is 54.2 Å². The summed E-state index contributed by atoms with van der Waals surface area (Å²) in [6.45, 7) is 20.7. The third-order valence-electron chi connectivity index (χ3n) is 14.1. The molecule has 0 heterocycles. The Morgan fingerprint density at radius 2 is 0.778 bits per heavy atom. The predicted molar refractivity (Wildman–Crippen MR) is 268 cm³/mol. The molecule has 0 amide bonds. The molecular formula is C57H60Br2N4. The Labute approximate surface area is 394 Å². The zero-order chi connectivity index (χ0) is 44.3. The minimum absolute atomic E-state index is 0.101. The van der Waals surface area contributed by atoms with Crippen LogP contribution in [0.3, 0.4) is 0 Å². The fraction of sp³-hybridized carbons (Fsp3) is 0.439. The van der Waals surface area contributed by atoms with E-state index < -0.39 is 0 Å². The topological polar surface area (TPSA) is 56.3 Å². The van der Waals surface area contributed by atoms with Crippen LogP contribution in [0.1, 0.15) is 188 Å².